The van der Waals surface area contributed by atoms with Crippen molar-refractivity contribution in [3.05, 3.63) is 145 Å². The molecule has 0 unspecified atom stereocenters. The highest BCUT2D eigenvalue weighted by Gasteiger charge is 2.24. The summed E-state index contributed by atoms with van der Waals surface area (Å²) in [4.78, 5) is 52.2. The van der Waals surface area contributed by atoms with Crippen LogP contribution in [0.15, 0.2) is 87.9 Å². The van der Waals surface area contributed by atoms with Crippen molar-refractivity contribution in [1.82, 2.24) is 0 Å². The van der Waals surface area contributed by atoms with Gasteiger partial charge in [0.05, 0.1) is 27.7 Å². The van der Waals surface area contributed by atoms with Crippen LogP contribution in [0, 0.1) is 67.1 Å². The van der Waals surface area contributed by atoms with E-state index < -0.39 is 36.1 Å². The molecular formula is C39H25BBr2F3N3O6. The van der Waals surface area contributed by atoms with Crippen LogP contribution in [0.25, 0.3) is 20.8 Å². The van der Waals surface area contributed by atoms with E-state index in [2.05, 4.69) is 66.7 Å². The maximum absolute atomic E-state index is 13.8. The summed E-state index contributed by atoms with van der Waals surface area (Å²) in [6, 6.07) is 12.3. The maximum atomic E-state index is 13.8. The zero-order chi connectivity index (χ0) is 40.4. The number of carbonyl (C=O) groups excluding carboxylic acids is 4. The van der Waals surface area contributed by atoms with Gasteiger partial charge >= 0.3 is 7.12 Å². The number of carbonyl (C=O) groups is 4. The lowest BCUT2D eigenvalue weighted by Gasteiger charge is -2.13. The van der Waals surface area contributed by atoms with E-state index in [1.165, 1.54) is 48.6 Å². The number of allylic oxidation sites excluding steroid dienone is 8. The average Bonchev–Trinajstić information content (AvgIpc) is 3.13. The molecule has 2 aliphatic carbocycles. The summed E-state index contributed by atoms with van der Waals surface area (Å²) >= 11 is 5.89. The standard InChI is InChI=1S/C20H8F2N2O2.C7H5BFNO2.C6H2Br2O2.C3H4.C2H2.CH4/c1-24-18-5-4-12(7-17(18)22)15-9-19(25)14(8-20(15)26)11-2-3-13(10-23)16(21)6-11;1-10-7-3-2-5(8(11)12)4-6(7)9;7-3-1-5(9)4(8)2-6(3)10;1-3-2;1-2;/h2-9H;2-4,11-12H;1-2H;1H,2H3;1-2H;1H4. The van der Waals surface area contributed by atoms with Crippen molar-refractivity contribution in [2.75, 3.05) is 0 Å². The fourth-order valence-electron chi connectivity index (χ4n) is 3.83. The number of ketones is 4. The Morgan fingerprint density at radius 3 is 1.44 bits per heavy atom. The maximum Gasteiger partial charge on any atom is 0.488 e. The molecule has 0 saturated carbocycles. The monoisotopic (exact) mass is 857 g/mol. The summed E-state index contributed by atoms with van der Waals surface area (Å²) in [5, 5.41) is 26.0. The Hall–Kier alpha value is -6.38. The second-order valence-corrected chi connectivity index (χ2v) is 11.3. The highest BCUT2D eigenvalue weighted by molar-refractivity contribution is 9.12. The number of hydrogen-bond donors (Lipinski definition) is 2. The van der Waals surface area contributed by atoms with Crippen LogP contribution in [-0.2, 0) is 19.2 Å². The minimum absolute atomic E-state index is 0. The van der Waals surface area contributed by atoms with Crippen molar-refractivity contribution in [2.45, 2.75) is 14.4 Å². The topological polar surface area (TPSA) is 141 Å². The highest BCUT2D eigenvalue weighted by Crippen LogP contribution is 2.30. The SMILES string of the molecule is C.C#C.C#CC.O=C1C=C(Br)C(=O)C=C1Br.[C-]#[N+]c1ccc(B(O)O)cc1F.[C-]#[N+]c1ccc(C2=CC(=O)C(c3ccc(C#N)c(F)c3)=CC2=O)cc1F. The molecule has 2 aliphatic rings. The molecule has 3 aromatic rings. The second kappa shape index (κ2) is 23.2. The van der Waals surface area contributed by atoms with Gasteiger partial charge in [0, 0.05) is 23.3 Å². The van der Waals surface area contributed by atoms with E-state index >= 15 is 0 Å². The van der Waals surface area contributed by atoms with Crippen molar-refractivity contribution in [3.63, 3.8) is 0 Å². The van der Waals surface area contributed by atoms with Crippen molar-refractivity contribution in [2.24, 2.45) is 0 Å². The molecule has 0 heterocycles. The number of rotatable bonds is 3. The third-order valence-electron chi connectivity index (χ3n) is 6.24. The van der Waals surface area contributed by atoms with Gasteiger partial charge in [0.1, 0.15) is 23.5 Å². The second-order valence-electron chi connectivity index (χ2n) is 9.63. The molecule has 0 radical (unpaired) electrons. The van der Waals surface area contributed by atoms with Crippen LogP contribution < -0.4 is 5.46 Å². The molecule has 0 aromatic heterocycles. The van der Waals surface area contributed by atoms with Crippen LogP contribution in [0.5, 0.6) is 0 Å². The van der Waals surface area contributed by atoms with E-state index in [9.17, 15) is 32.3 Å². The van der Waals surface area contributed by atoms with Gasteiger partial charge in [-0.15, -0.1) is 25.2 Å². The lowest BCUT2D eigenvalue weighted by Crippen LogP contribution is -2.29. The molecule has 0 amide bonds. The van der Waals surface area contributed by atoms with Crippen molar-refractivity contribution in [3.8, 4) is 31.3 Å². The van der Waals surface area contributed by atoms with Crippen LogP contribution in [0.1, 0.15) is 31.0 Å². The summed E-state index contributed by atoms with van der Waals surface area (Å²) in [6.45, 7) is 15.0. The van der Waals surface area contributed by atoms with Gasteiger partial charge in [-0.3, -0.25) is 19.2 Å². The fraction of sp³-hybridized carbons (Fsp3) is 0.0513. The van der Waals surface area contributed by atoms with E-state index in [1.54, 1.807) is 13.0 Å². The molecule has 54 heavy (non-hydrogen) atoms. The van der Waals surface area contributed by atoms with Gasteiger partial charge in [0.15, 0.2) is 23.1 Å². The zero-order valence-corrected chi connectivity index (χ0v) is 30.2. The lowest BCUT2D eigenvalue weighted by atomic mass is 9.80. The summed E-state index contributed by atoms with van der Waals surface area (Å²) < 4.78 is 40.9. The molecule has 0 atom stereocenters. The molecule has 0 aliphatic heterocycles. The Labute approximate surface area is 326 Å². The predicted molar refractivity (Wildman–Crippen MR) is 207 cm³/mol. The van der Waals surface area contributed by atoms with E-state index in [4.69, 9.17) is 28.5 Å². The molecule has 2 N–H and O–H groups in total. The smallest absolute Gasteiger partial charge is 0.423 e. The molecule has 15 heteroatoms. The first-order chi connectivity index (χ1) is 25.1. The highest BCUT2D eigenvalue weighted by atomic mass is 79.9. The Bertz CT molecular complexity index is 2170. The molecule has 0 fully saturated rings. The molecule has 3 aromatic carbocycles. The van der Waals surface area contributed by atoms with Crippen LogP contribution in [-0.4, -0.2) is 40.3 Å². The number of nitriles is 1. The number of nitrogens with zero attached hydrogens (tertiary/aromatic N) is 3. The molecule has 9 nitrogen and oxygen atoms in total. The average molecular weight is 859 g/mol. The van der Waals surface area contributed by atoms with Gasteiger partial charge in [-0.05, 0) is 91.8 Å². The van der Waals surface area contributed by atoms with Gasteiger partial charge in [-0.2, -0.15) is 5.26 Å². The van der Waals surface area contributed by atoms with Crippen LogP contribution in [0.4, 0.5) is 24.5 Å². The first kappa shape index (κ1) is 47.6. The predicted octanol–water partition coefficient (Wildman–Crippen LogP) is 7.28. The molecule has 5 rings (SSSR count). The zero-order valence-electron chi connectivity index (χ0n) is 27.1. The van der Waals surface area contributed by atoms with Gasteiger partial charge < -0.3 is 10.0 Å². The third kappa shape index (κ3) is 13.3. The van der Waals surface area contributed by atoms with Crippen molar-refractivity contribution < 1.29 is 42.4 Å². The summed E-state index contributed by atoms with van der Waals surface area (Å²) in [5.74, 6) is -1.54. The summed E-state index contributed by atoms with van der Waals surface area (Å²) in [5.41, 5.74) is -0.119. The minimum Gasteiger partial charge on any atom is -0.423 e. The number of hydrogen-bond acceptors (Lipinski definition) is 7. The first-order valence-corrected chi connectivity index (χ1v) is 15.7. The number of benzene rings is 3. The van der Waals surface area contributed by atoms with Crippen LogP contribution >= 0.6 is 31.9 Å². The van der Waals surface area contributed by atoms with Gasteiger partial charge in [-0.1, -0.05) is 37.8 Å². The summed E-state index contributed by atoms with van der Waals surface area (Å²) in [7, 11) is -1.70. The Balaban J connectivity index is 0.000000833. The molecule has 0 spiro atoms. The van der Waals surface area contributed by atoms with Gasteiger partial charge in [-0.25, -0.2) is 22.9 Å². The molecular weight excluding hydrogens is 834 g/mol. The van der Waals surface area contributed by atoms with E-state index in [0.717, 1.165) is 30.4 Å². The fourth-order valence-corrected chi connectivity index (χ4v) is 4.48. The van der Waals surface area contributed by atoms with E-state index in [-0.39, 0.29) is 63.7 Å². The van der Waals surface area contributed by atoms with Crippen molar-refractivity contribution >= 4 is 90.1 Å². The Morgan fingerprint density at radius 1 is 0.704 bits per heavy atom. The van der Waals surface area contributed by atoms with Gasteiger partial charge in [0.25, 0.3) is 0 Å². The van der Waals surface area contributed by atoms with Crippen LogP contribution in [0.3, 0.4) is 0 Å². The largest absolute Gasteiger partial charge is 0.488 e. The third-order valence-corrected chi connectivity index (χ3v) is 7.48. The van der Waals surface area contributed by atoms with Crippen molar-refractivity contribution in [1.29, 1.82) is 5.26 Å². The Morgan fingerprint density at radius 2 is 1.09 bits per heavy atom. The summed E-state index contributed by atoms with van der Waals surface area (Å²) in [6.07, 6.45) is 17.2. The minimum atomic E-state index is -1.70. The molecule has 270 valence electrons. The lowest BCUT2D eigenvalue weighted by molar-refractivity contribution is -0.114. The van der Waals surface area contributed by atoms with E-state index in [1.807, 2.05) is 0 Å². The van der Waals surface area contributed by atoms with Crippen LogP contribution in [0.2, 0.25) is 0 Å². The normalized spacial score (nSPS) is 12.2. The van der Waals surface area contributed by atoms with E-state index in [0.29, 0.717) is 8.96 Å². The molecule has 0 bridgehead atoms. The quantitative estimate of drug-likeness (QED) is 0.122. The number of halogens is 5. The van der Waals surface area contributed by atoms with Gasteiger partial charge in [0.2, 0.25) is 11.4 Å². The molecule has 0 saturated heterocycles. The Kier molecular flexibility index (Phi) is 20.5. The first-order valence-electron chi connectivity index (χ1n) is 14.1. The number of terminal acetylenes is 2.